The molecule has 0 heterocycles. The van der Waals surface area contributed by atoms with Crippen LogP contribution < -0.4 is 5.32 Å². The lowest BCUT2D eigenvalue weighted by molar-refractivity contribution is 0.592. The fraction of sp³-hybridized carbons (Fsp3) is 0.250. The highest BCUT2D eigenvalue weighted by atomic mass is 79.9. The lowest BCUT2D eigenvalue weighted by atomic mass is 9.88. The van der Waals surface area contributed by atoms with E-state index in [4.69, 9.17) is 11.6 Å². The Morgan fingerprint density at radius 3 is 2.85 bits per heavy atom. The molecule has 0 amide bonds. The van der Waals surface area contributed by atoms with E-state index in [0.29, 0.717) is 10.7 Å². The van der Waals surface area contributed by atoms with Gasteiger partial charge in [0, 0.05) is 15.5 Å². The van der Waals surface area contributed by atoms with Crippen LogP contribution in [0.15, 0.2) is 40.9 Å². The number of fused-ring (bicyclic) bond motifs is 1. The monoisotopic (exact) mass is 353 g/mol. The minimum Gasteiger partial charge on any atom is -0.380 e. The molecular weight excluding hydrogens is 341 g/mol. The number of benzene rings is 2. The fourth-order valence-corrected chi connectivity index (χ4v) is 3.26. The molecule has 0 radical (unpaired) electrons. The molecule has 0 spiro atoms. The van der Waals surface area contributed by atoms with Gasteiger partial charge >= 0.3 is 0 Å². The number of rotatable bonds is 2. The zero-order valence-corrected chi connectivity index (χ0v) is 13.1. The van der Waals surface area contributed by atoms with Gasteiger partial charge in [-0.2, -0.15) is 0 Å². The van der Waals surface area contributed by atoms with E-state index >= 15 is 0 Å². The molecular formula is C16H14BrClFN. The molecule has 1 atom stereocenters. The highest BCUT2D eigenvalue weighted by Gasteiger charge is 2.19. The first-order chi connectivity index (χ1) is 9.61. The number of aryl methyl sites for hydroxylation is 1. The third-order valence-corrected chi connectivity index (χ3v) is 4.41. The van der Waals surface area contributed by atoms with Crippen LogP contribution in [0.3, 0.4) is 0 Å². The summed E-state index contributed by atoms with van der Waals surface area (Å²) in [7, 11) is 0. The average Bonchev–Trinajstić information content (AvgIpc) is 2.43. The van der Waals surface area contributed by atoms with E-state index in [1.807, 2.05) is 0 Å². The van der Waals surface area contributed by atoms with E-state index in [2.05, 4.69) is 39.4 Å². The Kier molecular flexibility index (Phi) is 3.99. The standard InChI is InChI=1S/C16H14BrClFN/c17-12-3-1-11-8-14(5-2-10(11)7-12)20-16-9-13(18)4-6-15(16)19/h1,3-4,6-7,9,14,20H,2,5,8H2. The van der Waals surface area contributed by atoms with Crippen molar-refractivity contribution in [2.75, 3.05) is 5.32 Å². The van der Waals surface area contributed by atoms with Gasteiger partial charge in [-0.3, -0.25) is 0 Å². The van der Waals surface area contributed by atoms with E-state index in [9.17, 15) is 4.39 Å². The Hall–Kier alpha value is -1.06. The van der Waals surface area contributed by atoms with Crippen molar-refractivity contribution >= 4 is 33.2 Å². The summed E-state index contributed by atoms with van der Waals surface area (Å²) >= 11 is 9.42. The van der Waals surface area contributed by atoms with Crippen LogP contribution in [0.1, 0.15) is 17.5 Å². The Morgan fingerprint density at radius 2 is 2.00 bits per heavy atom. The molecule has 0 saturated heterocycles. The van der Waals surface area contributed by atoms with Crippen molar-refractivity contribution in [1.29, 1.82) is 0 Å². The lowest BCUT2D eigenvalue weighted by Crippen LogP contribution is -2.27. The molecule has 3 rings (SSSR count). The van der Waals surface area contributed by atoms with Crippen LogP contribution >= 0.6 is 27.5 Å². The van der Waals surface area contributed by atoms with Crippen LogP contribution in [0.25, 0.3) is 0 Å². The molecule has 1 aliphatic rings. The number of hydrogen-bond donors (Lipinski definition) is 1. The van der Waals surface area contributed by atoms with E-state index in [0.717, 1.165) is 23.7 Å². The first-order valence-electron chi connectivity index (χ1n) is 6.61. The topological polar surface area (TPSA) is 12.0 Å². The third-order valence-electron chi connectivity index (χ3n) is 3.68. The van der Waals surface area contributed by atoms with Crippen molar-refractivity contribution in [3.05, 3.63) is 62.8 Å². The SMILES string of the molecule is Fc1ccc(Cl)cc1NC1CCc2cc(Br)ccc2C1. The van der Waals surface area contributed by atoms with Crippen molar-refractivity contribution in [1.82, 2.24) is 0 Å². The van der Waals surface area contributed by atoms with Crippen molar-refractivity contribution in [2.45, 2.75) is 25.3 Å². The highest BCUT2D eigenvalue weighted by Crippen LogP contribution is 2.28. The quantitative estimate of drug-likeness (QED) is 0.780. The van der Waals surface area contributed by atoms with Crippen molar-refractivity contribution in [2.24, 2.45) is 0 Å². The summed E-state index contributed by atoms with van der Waals surface area (Å²) in [6.07, 6.45) is 2.92. The Labute approximate surface area is 131 Å². The molecule has 1 N–H and O–H groups in total. The molecule has 0 fully saturated rings. The van der Waals surface area contributed by atoms with Gasteiger partial charge in [0.25, 0.3) is 0 Å². The molecule has 0 saturated carbocycles. The summed E-state index contributed by atoms with van der Waals surface area (Å²) in [6.45, 7) is 0. The van der Waals surface area contributed by atoms with Gasteiger partial charge in [-0.05, 0) is 60.7 Å². The van der Waals surface area contributed by atoms with Gasteiger partial charge in [0.05, 0.1) is 5.69 Å². The fourth-order valence-electron chi connectivity index (χ4n) is 2.67. The second kappa shape index (κ2) is 5.74. The molecule has 0 bridgehead atoms. The molecule has 2 aromatic carbocycles. The largest absolute Gasteiger partial charge is 0.380 e. The molecule has 0 aromatic heterocycles. The molecule has 104 valence electrons. The Bertz CT molecular complexity index is 644. The zero-order chi connectivity index (χ0) is 14.1. The smallest absolute Gasteiger partial charge is 0.146 e. The van der Waals surface area contributed by atoms with Crippen LogP contribution in [0.2, 0.25) is 5.02 Å². The normalized spacial score (nSPS) is 17.6. The molecule has 1 aliphatic carbocycles. The number of nitrogens with one attached hydrogen (secondary N) is 1. The van der Waals surface area contributed by atoms with Gasteiger partial charge in [0.2, 0.25) is 0 Å². The maximum absolute atomic E-state index is 13.7. The van der Waals surface area contributed by atoms with E-state index < -0.39 is 0 Å². The van der Waals surface area contributed by atoms with Crippen LogP contribution in [0.5, 0.6) is 0 Å². The van der Waals surface area contributed by atoms with Crippen molar-refractivity contribution < 1.29 is 4.39 Å². The maximum atomic E-state index is 13.7. The number of anilines is 1. The highest BCUT2D eigenvalue weighted by molar-refractivity contribution is 9.10. The summed E-state index contributed by atoms with van der Waals surface area (Å²) in [6, 6.07) is 11.2. The summed E-state index contributed by atoms with van der Waals surface area (Å²) in [5, 5.41) is 3.82. The minimum absolute atomic E-state index is 0.247. The third kappa shape index (κ3) is 2.99. The summed E-state index contributed by atoms with van der Waals surface area (Å²) in [4.78, 5) is 0. The van der Waals surface area contributed by atoms with Gasteiger partial charge < -0.3 is 5.32 Å². The van der Waals surface area contributed by atoms with Crippen LogP contribution in [-0.2, 0) is 12.8 Å². The molecule has 20 heavy (non-hydrogen) atoms. The van der Waals surface area contributed by atoms with Gasteiger partial charge in [-0.25, -0.2) is 4.39 Å². The average molecular weight is 355 g/mol. The predicted octanol–water partition coefficient (Wildman–Crippen LogP) is 5.21. The first kappa shape index (κ1) is 13.9. The Morgan fingerprint density at radius 1 is 1.15 bits per heavy atom. The molecule has 0 aliphatic heterocycles. The van der Waals surface area contributed by atoms with Gasteiger partial charge in [0.1, 0.15) is 5.82 Å². The van der Waals surface area contributed by atoms with Crippen LogP contribution in [0, 0.1) is 5.82 Å². The number of hydrogen-bond acceptors (Lipinski definition) is 1. The molecule has 1 unspecified atom stereocenters. The van der Waals surface area contributed by atoms with Gasteiger partial charge in [0.15, 0.2) is 0 Å². The van der Waals surface area contributed by atoms with E-state index in [-0.39, 0.29) is 11.9 Å². The number of halogens is 3. The minimum atomic E-state index is -0.254. The molecule has 2 aromatic rings. The van der Waals surface area contributed by atoms with E-state index in [1.165, 1.54) is 17.2 Å². The van der Waals surface area contributed by atoms with Crippen molar-refractivity contribution in [3.8, 4) is 0 Å². The second-order valence-electron chi connectivity index (χ2n) is 5.12. The van der Waals surface area contributed by atoms with Crippen LogP contribution in [-0.4, -0.2) is 6.04 Å². The molecule has 4 heteroatoms. The lowest BCUT2D eigenvalue weighted by Gasteiger charge is -2.26. The predicted molar refractivity (Wildman–Crippen MR) is 85.0 cm³/mol. The summed E-state index contributed by atoms with van der Waals surface area (Å²) in [5.74, 6) is -0.254. The van der Waals surface area contributed by atoms with Gasteiger partial charge in [-0.1, -0.05) is 33.6 Å². The molecule has 1 nitrogen and oxygen atoms in total. The second-order valence-corrected chi connectivity index (χ2v) is 6.47. The summed E-state index contributed by atoms with van der Waals surface area (Å²) in [5.41, 5.74) is 3.20. The van der Waals surface area contributed by atoms with E-state index in [1.54, 1.807) is 12.1 Å². The maximum Gasteiger partial charge on any atom is 0.146 e. The van der Waals surface area contributed by atoms with Gasteiger partial charge in [-0.15, -0.1) is 0 Å². The zero-order valence-electron chi connectivity index (χ0n) is 10.8. The summed E-state index contributed by atoms with van der Waals surface area (Å²) < 4.78 is 14.9. The first-order valence-corrected chi connectivity index (χ1v) is 7.78. The Balaban J connectivity index is 1.77. The van der Waals surface area contributed by atoms with Crippen molar-refractivity contribution in [3.63, 3.8) is 0 Å². The van der Waals surface area contributed by atoms with Crippen LogP contribution in [0.4, 0.5) is 10.1 Å².